The Kier molecular flexibility index (Phi) is 3.98. The zero-order valence-electron chi connectivity index (χ0n) is 13.4. The molecular weight excluding hydrogens is 355 g/mol. The van der Waals surface area contributed by atoms with Gasteiger partial charge in [0.25, 0.3) is 0 Å². The number of pyridine rings is 1. The molecule has 0 bridgehead atoms. The van der Waals surface area contributed by atoms with Crippen LogP contribution in [0.25, 0.3) is 0 Å². The molecule has 0 saturated heterocycles. The Labute approximate surface area is 155 Å². The summed E-state index contributed by atoms with van der Waals surface area (Å²) in [6.45, 7) is 1.94. The van der Waals surface area contributed by atoms with Gasteiger partial charge in [0.1, 0.15) is 10.9 Å². The molecule has 2 heterocycles. The third kappa shape index (κ3) is 3.01. The quantitative estimate of drug-likeness (QED) is 0.560. The molecular formula is C20H14Cl2N2O. The molecule has 0 radical (unpaired) electrons. The van der Waals surface area contributed by atoms with Crippen molar-refractivity contribution in [3.8, 4) is 5.75 Å². The summed E-state index contributed by atoms with van der Waals surface area (Å²) in [6.07, 6.45) is 1.73. The van der Waals surface area contributed by atoms with Gasteiger partial charge in [-0.1, -0.05) is 47.5 Å². The Balaban J connectivity index is 1.89. The van der Waals surface area contributed by atoms with E-state index in [9.17, 15) is 0 Å². The van der Waals surface area contributed by atoms with Crippen molar-refractivity contribution in [2.24, 2.45) is 4.99 Å². The molecule has 3 aromatic rings. The van der Waals surface area contributed by atoms with Crippen LogP contribution in [-0.4, -0.2) is 10.7 Å². The molecule has 1 atom stereocenters. The highest BCUT2D eigenvalue weighted by molar-refractivity contribution is 6.30. The summed E-state index contributed by atoms with van der Waals surface area (Å²) in [7, 11) is 0. The van der Waals surface area contributed by atoms with E-state index in [1.807, 2.05) is 61.5 Å². The summed E-state index contributed by atoms with van der Waals surface area (Å²) in [5, 5.41) is 1.12. The summed E-state index contributed by atoms with van der Waals surface area (Å²) in [5.41, 5.74) is 2.71. The van der Waals surface area contributed by atoms with Gasteiger partial charge in [-0.3, -0.25) is 0 Å². The minimum atomic E-state index is -0.853. The molecule has 4 rings (SSSR count). The van der Waals surface area contributed by atoms with Crippen molar-refractivity contribution in [1.82, 2.24) is 4.98 Å². The van der Waals surface area contributed by atoms with Gasteiger partial charge in [0.15, 0.2) is 0 Å². The lowest BCUT2D eigenvalue weighted by Gasteiger charge is -2.33. The van der Waals surface area contributed by atoms with Crippen molar-refractivity contribution in [3.05, 3.63) is 93.7 Å². The van der Waals surface area contributed by atoms with E-state index in [2.05, 4.69) is 4.98 Å². The molecule has 1 aromatic heterocycles. The van der Waals surface area contributed by atoms with Gasteiger partial charge in [0, 0.05) is 34.8 Å². The summed E-state index contributed by atoms with van der Waals surface area (Å²) >= 11 is 11.9. The van der Waals surface area contributed by atoms with Crippen LogP contribution in [0.2, 0.25) is 10.2 Å². The molecule has 25 heavy (non-hydrogen) atoms. The number of nitrogens with zero attached hydrogens (tertiary/aromatic N) is 2. The van der Waals surface area contributed by atoms with Crippen molar-refractivity contribution in [3.63, 3.8) is 0 Å². The lowest BCUT2D eigenvalue weighted by Crippen LogP contribution is -2.33. The van der Waals surface area contributed by atoms with E-state index in [0.29, 0.717) is 10.2 Å². The minimum Gasteiger partial charge on any atom is -0.462 e. The Morgan fingerprint density at radius 1 is 0.920 bits per heavy atom. The van der Waals surface area contributed by atoms with Crippen LogP contribution in [0, 0.1) is 0 Å². The zero-order valence-corrected chi connectivity index (χ0v) is 14.9. The number of fused-ring (bicyclic) bond motifs is 1. The smallest absolute Gasteiger partial charge is 0.224 e. The maximum Gasteiger partial charge on any atom is 0.224 e. The van der Waals surface area contributed by atoms with Gasteiger partial charge in [-0.15, -0.1) is 0 Å². The average molecular weight is 369 g/mol. The molecule has 1 aliphatic rings. The molecule has 124 valence electrons. The van der Waals surface area contributed by atoms with Crippen LogP contribution in [0.3, 0.4) is 0 Å². The second-order valence-electron chi connectivity index (χ2n) is 5.92. The van der Waals surface area contributed by atoms with Crippen LogP contribution in [0.5, 0.6) is 5.75 Å². The first kappa shape index (κ1) is 16.1. The fourth-order valence-corrected chi connectivity index (χ4v) is 3.12. The number of halogens is 2. The number of hydrogen-bond donors (Lipinski definition) is 0. The molecule has 0 fully saturated rings. The van der Waals surface area contributed by atoms with E-state index in [4.69, 9.17) is 32.9 Å². The number of ether oxygens (including phenoxy) is 1. The number of para-hydroxylation sites is 1. The number of aromatic nitrogens is 1. The van der Waals surface area contributed by atoms with Crippen molar-refractivity contribution >= 4 is 28.9 Å². The number of rotatable bonds is 2. The van der Waals surface area contributed by atoms with Crippen molar-refractivity contribution in [2.75, 3.05) is 0 Å². The van der Waals surface area contributed by atoms with Crippen LogP contribution >= 0.6 is 23.2 Å². The fourth-order valence-electron chi connectivity index (χ4n) is 2.88. The van der Waals surface area contributed by atoms with E-state index >= 15 is 0 Å². The van der Waals surface area contributed by atoms with Gasteiger partial charge in [-0.05, 0) is 36.4 Å². The van der Waals surface area contributed by atoms with Gasteiger partial charge < -0.3 is 4.74 Å². The summed E-state index contributed by atoms with van der Waals surface area (Å²) in [4.78, 5) is 9.11. The summed E-state index contributed by atoms with van der Waals surface area (Å²) in [5.74, 6) is 0.778. The fraction of sp³-hybridized carbons (Fsp3) is 0.100. The van der Waals surface area contributed by atoms with E-state index in [1.165, 1.54) is 0 Å². The summed E-state index contributed by atoms with van der Waals surface area (Å²) < 4.78 is 6.24. The SMILES string of the molecule is CC1(c2ccc(Cl)cc2)N=C(c2ccc(Cl)nc2)c2ccccc2O1. The average Bonchev–Trinajstić information content (AvgIpc) is 2.62. The van der Waals surface area contributed by atoms with Gasteiger partial charge in [-0.25, -0.2) is 9.98 Å². The molecule has 0 saturated carbocycles. The number of hydrogen-bond acceptors (Lipinski definition) is 3. The third-order valence-electron chi connectivity index (χ3n) is 4.16. The van der Waals surface area contributed by atoms with Gasteiger partial charge >= 0.3 is 0 Å². The largest absolute Gasteiger partial charge is 0.462 e. The highest BCUT2D eigenvalue weighted by Gasteiger charge is 2.34. The highest BCUT2D eigenvalue weighted by Crippen LogP contribution is 2.38. The van der Waals surface area contributed by atoms with Crippen LogP contribution in [0.4, 0.5) is 0 Å². The predicted molar refractivity (Wildman–Crippen MR) is 101 cm³/mol. The van der Waals surface area contributed by atoms with Crippen LogP contribution in [0.15, 0.2) is 71.9 Å². The Morgan fingerprint density at radius 3 is 2.40 bits per heavy atom. The molecule has 0 aliphatic carbocycles. The van der Waals surface area contributed by atoms with Crippen LogP contribution < -0.4 is 4.74 Å². The molecule has 0 spiro atoms. The second kappa shape index (κ2) is 6.17. The van der Waals surface area contributed by atoms with E-state index in [-0.39, 0.29) is 0 Å². The maximum atomic E-state index is 6.24. The Bertz CT molecular complexity index is 952. The third-order valence-corrected chi connectivity index (χ3v) is 4.63. The molecule has 5 heteroatoms. The highest BCUT2D eigenvalue weighted by atomic mass is 35.5. The van der Waals surface area contributed by atoms with Crippen LogP contribution in [-0.2, 0) is 5.72 Å². The first-order valence-electron chi connectivity index (χ1n) is 7.81. The minimum absolute atomic E-state index is 0.449. The molecule has 1 aliphatic heterocycles. The first-order chi connectivity index (χ1) is 12.0. The normalized spacial score (nSPS) is 18.9. The lowest BCUT2D eigenvalue weighted by molar-refractivity contribution is 0.0930. The Hall–Kier alpha value is -2.36. The van der Waals surface area contributed by atoms with Crippen molar-refractivity contribution in [2.45, 2.75) is 12.6 Å². The topological polar surface area (TPSA) is 34.5 Å². The predicted octanol–water partition coefficient (Wildman–Crippen LogP) is 5.49. The Morgan fingerprint density at radius 2 is 1.68 bits per heavy atom. The van der Waals surface area contributed by atoms with Crippen molar-refractivity contribution < 1.29 is 4.74 Å². The first-order valence-corrected chi connectivity index (χ1v) is 8.57. The van der Waals surface area contributed by atoms with Gasteiger partial charge in [0.05, 0.1) is 5.71 Å². The van der Waals surface area contributed by atoms with E-state index in [1.54, 1.807) is 12.3 Å². The van der Waals surface area contributed by atoms with Gasteiger partial charge in [-0.2, -0.15) is 0 Å². The second-order valence-corrected chi connectivity index (χ2v) is 6.74. The number of benzene rings is 2. The lowest BCUT2D eigenvalue weighted by atomic mass is 9.97. The maximum absolute atomic E-state index is 6.24. The monoisotopic (exact) mass is 368 g/mol. The molecule has 3 nitrogen and oxygen atoms in total. The molecule has 0 N–H and O–H groups in total. The standard InChI is InChI=1S/C20H14Cl2N2O/c1-20(14-7-9-15(21)10-8-14)24-19(13-6-11-18(22)23-12-13)16-4-2-3-5-17(16)25-20/h2-12H,1H3. The molecule has 0 amide bonds. The van der Waals surface area contributed by atoms with E-state index < -0.39 is 5.72 Å². The number of aliphatic imine (C=N–C) groups is 1. The van der Waals surface area contributed by atoms with Crippen LogP contribution in [0.1, 0.15) is 23.6 Å². The van der Waals surface area contributed by atoms with Crippen molar-refractivity contribution in [1.29, 1.82) is 0 Å². The molecule has 2 aromatic carbocycles. The molecule has 1 unspecified atom stereocenters. The summed E-state index contributed by atoms with van der Waals surface area (Å²) in [6, 6.07) is 19.1. The van der Waals surface area contributed by atoms with Gasteiger partial charge in [0.2, 0.25) is 5.72 Å². The zero-order chi connectivity index (χ0) is 17.4. The van der Waals surface area contributed by atoms with E-state index in [0.717, 1.165) is 28.2 Å².